The van der Waals surface area contributed by atoms with Crippen LogP contribution in [-0.4, -0.2) is 35.8 Å². The van der Waals surface area contributed by atoms with Crippen LogP contribution in [0.1, 0.15) is 45.4 Å². The van der Waals surface area contributed by atoms with E-state index >= 15 is 0 Å². The maximum Gasteiger partial charge on any atom is 0.471 e. The van der Waals surface area contributed by atoms with Gasteiger partial charge < -0.3 is 4.90 Å². The molecule has 0 aliphatic rings. The number of carbonyl (C=O) groups excluding carboxylic acids is 1. The van der Waals surface area contributed by atoms with Gasteiger partial charge in [-0.3, -0.25) is 4.79 Å². The summed E-state index contributed by atoms with van der Waals surface area (Å²) in [4.78, 5) is 11.9. The Kier molecular flexibility index (Phi) is 9.32. The molecule has 108 valence electrons. The van der Waals surface area contributed by atoms with Crippen molar-refractivity contribution in [2.75, 3.05) is 18.8 Å². The van der Waals surface area contributed by atoms with Gasteiger partial charge in [0.25, 0.3) is 0 Å². The molecule has 6 heteroatoms. The van der Waals surface area contributed by atoms with Crippen molar-refractivity contribution in [3.05, 3.63) is 0 Å². The molecule has 1 amide bonds. The number of alkyl halides is 3. The van der Waals surface area contributed by atoms with E-state index in [-0.39, 0.29) is 18.8 Å². The van der Waals surface area contributed by atoms with Crippen molar-refractivity contribution < 1.29 is 18.0 Å². The van der Waals surface area contributed by atoms with Crippen LogP contribution in [0.25, 0.3) is 0 Å². The zero-order valence-corrected chi connectivity index (χ0v) is 11.7. The van der Waals surface area contributed by atoms with Crippen LogP contribution in [0.4, 0.5) is 13.2 Å². The molecule has 0 aromatic carbocycles. The molecule has 0 rings (SSSR count). The van der Waals surface area contributed by atoms with E-state index in [1.54, 1.807) is 0 Å². The molecule has 0 fully saturated rings. The first-order chi connectivity index (χ1) is 8.43. The highest BCUT2D eigenvalue weighted by Gasteiger charge is 2.41. The van der Waals surface area contributed by atoms with Gasteiger partial charge in [-0.15, -0.1) is 0 Å². The summed E-state index contributed by atoms with van der Waals surface area (Å²) < 4.78 is 36.8. The Labute approximate surface area is 112 Å². The highest BCUT2D eigenvalue weighted by Crippen LogP contribution is 2.19. The van der Waals surface area contributed by atoms with Crippen LogP contribution in [0.3, 0.4) is 0 Å². The van der Waals surface area contributed by atoms with Crippen molar-refractivity contribution in [3.8, 4) is 0 Å². The summed E-state index contributed by atoms with van der Waals surface area (Å²) in [6.45, 7) is 2.33. The van der Waals surface area contributed by atoms with E-state index in [0.717, 1.165) is 37.0 Å². The van der Waals surface area contributed by atoms with Crippen molar-refractivity contribution in [2.45, 2.75) is 51.6 Å². The van der Waals surface area contributed by atoms with E-state index in [4.69, 9.17) is 0 Å². The molecule has 18 heavy (non-hydrogen) atoms. The fraction of sp³-hybridized carbons (Fsp3) is 0.917. The number of hydrogen-bond acceptors (Lipinski definition) is 2. The predicted molar refractivity (Wildman–Crippen MR) is 69.9 cm³/mol. The molecular formula is C12H22F3NOS. The molecule has 0 atom stereocenters. The number of rotatable bonds is 9. The molecule has 0 N–H and O–H groups in total. The molecule has 0 bridgehead atoms. The second-order valence-corrected chi connectivity index (χ2v) is 4.73. The number of unbranched alkanes of at least 4 members (excludes halogenated alkanes) is 5. The molecule has 0 aliphatic carbocycles. The number of nitrogens with zero attached hydrogens (tertiary/aromatic N) is 1. The molecule has 0 saturated carbocycles. The van der Waals surface area contributed by atoms with Gasteiger partial charge in [-0.2, -0.15) is 25.8 Å². The van der Waals surface area contributed by atoms with Crippen LogP contribution in [0.5, 0.6) is 0 Å². The Bertz CT molecular complexity index is 234. The van der Waals surface area contributed by atoms with Crippen molar-refractivity contribution in [2.24, 2.45) is 0 Å². The smallest absolute Gasteiger partial charge is 0.334 e. The molecule has 0 spiro atoms. The highest BCUT2D eigenvalue weighted by atomic mass is 32.1. The lowest BCUT2D eigenvalue weighted by Crippen LogP contribution is -2.42. The molecular weight excluding hydrogens is 263 g/mol. The number of hydrogen-bond donors (Lipinski definition) is 1. The zero-order valence-electron chi connectivity index (χ0n) is 10.8. The quantitative estimate of drug-likeness (QED) is 0.506. The van der Waals surface area contributed by atoms with Crippen LogP contribution >= 0.6 is 12.6 Å². The SMILES string of the molecule is CCCCCCCCN(CCS)C(=O)C(F)(F)F. The van der Waals surface area contributed by atoms with Crippen LogP contribution < -0.4 is 0 Å². The normalized spacial score (nSPS) is 11.6. The first-order valence-corrected chi connectivity index (χ1v) is 7.03. The second kappa shape index (κ2) is 9.53. The van der Waals surface area contributed by atoms with Gasteiger partial charge in [0.15, 0.2) is 0 Å². The minimum atomic E-state index is -4.77. The molecule has 0 aliphatic heterocycles. The van der Waals surface area contributed by atoms with Crippen LogP contribution in [-0.2, 0) is 4.79 Å². The average molecular weight is 285 g/mol. The number of carbonyl (C=O) groups is 1. The average Bonchev–Trinajstić information content (AvgIpc) is 2.30. The monoisotopic (exact) mass is 285 g/mol. The standard InChI is InChI=1S/C12H22F3NOS/c1-2-3-4-5-6-7-8-16(9-10-18)11(17)12(13,14)15/h18H,2-10H2,1H3. The maximum atomic E-state index is 12.3. The molecule has 0 aromatic rings. The van der Waals surface area contributed by atoms with Gasteiger partial charge in [-0.05, 0) is 6.42 Å². The zero-order chi connectivity index (χ0) is 14.0. The Morgan fingerprint density at radius 1 is 1.06 bits per heavy atom. The van der Waals surface area contributed by atoms with E-state index in [1.165, 1.54) is 0 Å². The summed E-state index contributed by atoms with van der Waals surface area (Å²) in [5.74, 6) is -1.50. The highest BCUT2D eigenvalue weighted by molar-refractivity contribution is 7.80. The Morgan fingerprint density at radius 3 is 2.11 bits per heavy atom. The lowest BCUT2D eigenvalue weighted by molar-refractivity contribution is -0.185. The maximum absolute atomic E-state index is 12.3. The first-order valence-electron chi connectivity index (χ1n) is 6.40. The molecule has 0 unspecified atom stereocenters. The molecule has 0 heterocycles. The van der Waals surface area contributed by atoms with Crippen molar-refractivity contribution in [1.29, 1.82) is 0 Å². The fourth-order valence-corrected chi connectivity index (χ4v) is 1.94. The van der Waals surface area contributed by atoms with Gasteiger partial charge in [0.05, 0.1) is 0 Å². The lowest BCUT2D eigenvalue weighted by Gasteiger charge is -2.22. The third-order valence-corrected chi connectivity index (χ3v) is 2.88. The number of halogens is 3. The second-order valence-electron chi connectivity index (χ2n) is 4.28. The third-order valence-electron chi connectivity index (χ3n) is 2.68. The van der Waals surface area contributed by atoms with Crippen LogP contribution in [0.2, 0.25) is 0 Å². The van der Waals surface area contributed by atoms with Gasteiger partial charge in [0, 0.05) is 18.8 Å². The summed E-state index contributed by atoms with van der Waals surface area (Å²) in [6, 6.07) is 0. The lowest BCUT2D eigenvalue weighted by atomic mass is 10.1. The van der Waals surface area contributed by atoms with E-state index in [2.05, 4.69) is 19.6 Å². The molecule has 0 aromatic heterocycles. The Balaban J connectivity index is 3.94. The van der Waals surface area contributed by atoms with Crippen molar-refractivity contribution in [1.82, 2.24) is 4.90 Å². The van der Waals surface area contributed by atoms with E-state index < -0.39 is 12.1 Å². The Hall–Kier alpha value is -0.390. The van der Waals surface area contributed by atoms with Gasteiger partial charge >= 0.3 is 12.1 Å². The summed E-state index contributed by atoms with van der Waals surface area (Å²) >= 11 is 3.88. The summed E-state index contributed by atoms with van der Waals surface area (Å²) in [5, 5.41) is 0. The van der Waals surface area contributed by atoms with Gasteiger partial charge in [-0.25, -0.2) is 0 Å². The van der Waals surface area contributed by atoms with E-state index in [1.807, 2.05) is 0 Å². The van der Waals surface area contributed by atoms with Gasteiger partial charge in [0.2, 0.25) is 0 Å². The van der Waals surface area contributed by atoms with Crippen molar-refractivity contribution >= 4 is 18.5 Å². The van der Waals surface area contributed by atoms with E-state index in [9.17, 15) is 18.0 Å². The number of thiol groups is 1. The minimum absolute atomic E-state index is 0.0520. The van der Waals surface area contributed by atoms with Crippen molar-refractivity contribution in [3.63, 3.8) is 0 Å². The predicted octanol–water partition coefficient (Wildman–Crippen LogP) is 3.67. The largest absolute Gasteiger partial charge is 0.471 e. The summed E-state index contributed by atoms with van der Waals surface area (Å²) in [6.07, 6.45) is 1.14. The van der Waals surface area contributed by atoms with Gasteiger partial charge in [-0.1, -0.05) is 39.0 Å². The van der Waals surface area contributed by atoms with Gasteiger partial charge in [0.1, 0.15) is 0 Å². The molecule has 0 saturated heterocycles. The fourth-order valence-electron chi connectivity index (χ4n) is 1.70. The van der Waals surface area contributed by atoms with Crippen LogP contribution in [0.15, 0.2) is 0 Å². The van der Waals surface area contributed by atoms with E-state index in [0.29, 0.717) is 6.42 Å². The summed E-state index contributed by atoms with van der Waals surface area (Å²) in [5.41, 5.74) is 0. The Morgan fingerprint density at radius 2 is 1.61 bits per heavy atom. The molecule has 0 radical (unpaired) electrons. The minimum Gasteiger partial charge on any atom is -0.334 e. The molecule has 2 nitrogen and oxygen atoms in total. The number of amides is 1. The first kappa shape index (κ1) is 17.6. The van der Waals surface area contributed by atoms with Crippen LogP contribution in [0, 0.1) is 0 Å². The third kappa shape index (κ3) is 7.84. The topological polar surface area (TPSA) is 20.3 Å². The summed E-state index contributed by atoms with van der Waals surface area (Å²) in [7, 11) is 0.